The molecule has 444 valence electrons. The molecule has 1 aromatic rings. The molecule has 0 N–H and O–H groups in total. The molecule has 75 heavy (non-hydrogen) atoms. The van der Waals surface area contributed by atoms with Crippen LogP contribution in [0.5, 0.6) is 17.2 Å². The van der Waals surface area contributed by atoms with Crippen LogP contribution in [-0.2, 0) is 0 Å². The zero-order valence-electron chi connectivity index (χ0n) is 52.0. The van der Waals surface area contributed by atoms with Crippen molar-refractivity contribution in [3.8, 4) is 17.2 Å². The van der Waals surface area contributed by atoms with E-state index in [0.29, 0.717) is 0 Å². The Labute approximate surface area is 473 Å². The second-order valence-corrected chi connectivity index (χ2v) is 24.3. The van der Waals surface area contributed by atoms with Crippen LogP contribution in [0.2, 0.25) is 0 Å². The first-order chi connectivity index (χ1) is 37.3. The molecule has 0 amide bonds. The highest BCUT2D eigenvalue weighted by molar-refractivity contribution is 5.51. The summed E-state index contributed by atoms with van der Waals surface area (Å²) < 4.78 is 19.5. The lowest BCUT2D eigenvalue weighted by Crippen LogP contribution is -2.06. The van der Waals surface area contributed by atoms with Crippen LogP contribution in [0.1, 0.15) is 406 Å². The predicted octanol–water partition coefficient (Wildman–Crippen LogP) is 26.3. The normalized spacial score (nSPS) is 11.6. The molecule has 0 aromatic heterocycles. The van der Waals surface area contributed by atoms with Gasteiger partial charge in [0.15, 0.2) is 11.5 Å². The highest BCUT2D eigenvalue weighted by atomic mass is 16.5. The van der Waals surface area contributed by atoms with Gasteiger partial charge in [0.25, 0.3) is 0 Å². The van der Waals surface area contributed by atoms with Gasteiger partial charge >= 0.3 is 0 Å². The van der Waals surface area contributed by atoms with Crippen molar-refractivity contribution in [2.75, 3.05) is 19.8 Å². The lowest BCUT2D eigenvalue weighted by Gasteiger charge is -2.17. The average Bonchev–Trinajstić information content (AvgIpc) is 3.42. The number of hydrogen-bond acceptors (Lipinski definition) is 3. The van der Waals surface area contributed by atoms with Gasteiger partial charge in [0.2, 0.25) is 5.75 Å². The largest absolute Gasteiger partial charge is 0.490 e. The molecular formula is C72H138O3. The molecule has 0 saturated heterocycles. The van der Waals surface area contributed by atoms with Gasteiger partial charge < -0.3 is 14.2 Å². The number of unbranched alkanes of at least 4 members (excludes halogenated alkanes) is 57. The summed E-state index contributed by atoms with van der Waals surface area (Å²) in [5.41, 5.74) is 0. The molecule has 0 spiro atoms. The second kappa shape index (κ2) is 63.5. The number of benzene rings is 1. The summed E-state index contributed by atoms with van der Waals surface area (Å²) in [5, 5.41) is 0. The van der Waals surface area contributed by atoms with Crippen LogP contribution in [0, 0.1) is 0 Å². The molecule has 1 rings (SSSR count). The van der Waals surface area contributed by atoms with E-state index >= 15 is 0 Å². The van der Waals surface area contributed by atoms with E-state index in [1.54, 1.807) is 0 Å². The monoisotopic (exact) mass is 1050 g/mol. The molecule has 0 radical (unpaired) electrons. The van der Waals surface area contributed by atoms with Crippen LogP contribution < -0.4 is 14.2 Å². The Morgan fingerprint density at radius 2 is 0.333 bits per heavy atom. The fourth-order valence-corrected chi connectivity index (χ4v) is 11.5. The van der Waals surface area contributed by atoms with Gasteiger partial charge in [0, 0.05) is 0 Å². The van der Waals surface area contributed by atoms with Crippen LogP contribution in [-0.4, -0.2) is 19.8 Å². The zero-order chi connectivity index (χ0) is 53.5. The molecule has 0 unspecified atom stereocenters. The Balaban J connectivity index is 2.25. The summed E-state index contributed by atoms with van der Waals surface area (Å²) in [4.78, 5) is 0. The molecule has 3 nitrogen and oxygen atoms in total. The zero-order valence-corrected chi connectivity index (χ0v) is 52.0. The van der Waals surface area contributed by atoms with E-state index in [1.165, 1.54) is 366 Å². The van der Waals surface area contributed by atoms with Crippen molar-refractivity contribution in [1.29, 1.82) is 0 Å². The Morgan fingerprint density at radius 3 is 0.507 bits per heavy atom. The van der Waals surface area contributed by atoms with Crippen LogP contribution in [0.15, 0.2) is 18.2 Å². The van der Waals surface area contributed by atoms with E-state index in [0.717, 1.165) is 56.3 Å². The summed E-state index contributed by atoms with van der Waals surface area (Å²) >= 11 is 0. The van der Waals surface area contributed by atoms with Gasteiger partial charge in [-0.3, -0.25) is 0 Å². The predicted molar refractivity (Wildman–Crippen MR) is 337 cm³/mol. The van der Waals surface area contributed by atoms with Crippen LogP contribution in [0.25, 0.3) is 0 Å². The van der Waals surface area contributed by atoms with Crippen molar-refractivity contribution in [2.24, 2.45) is 0 Å². The van der Waals surface area contributed by atoms with E-state index in [-0.39, 0.29) is 0 Å². The Hall–Kier alpha value is -1.38. The van der Waals surface area contributed by atoms with E-state index in [2.05, 4.69) is 39.0 Å². The van der Waals surface area contributed by atoms with Gasteiger partial charge in [-0.25, -0.2) is 0 Å². The summed E-state index contributed by atoms with van der Waals surface area (Å²) in [5.74, 6) is 2.60. The minimum atomic E-state index is 0.744. The molecule has 0 saturated carbocycles. The van der Waals surface area contributed by atoms with Gasteiger partial charge in [0.1, 0.15) is 0 Å². The van der Waals surface area contributed by atoms with E-state index < -0.39 is 0 Å². The summed E-state index contributed by atoms with van der Waals surface area (Å²) in [7, 11) is 0. The SMILES string of the molecule is CCCCCCCCCCCCCCCCCCCCCCOc1cccc(OCCCCCCCCCCCCCCCCCCCCCC)c1OCCCCCCCCCCCCCCCCCCCCCC. The minimum Gasteiger partial charge on any atom is -0.490 e. The van der Waals surface area contributed by atoms with Crippen molar-refractivity contribution in [1.82, 2.24) is 0 Å². The Kier molecular flexibility index (Phi) is 60.6. The maximum atomic E-state index is 6.55. The molecule has 0 bridgehead atoms. The third-order valence-electron chi connectivity index (χ3n) is 16.7. The topological polar surface area (TPSA) is 27.7 Å². The van der Waals surface area contributed by atoms with E-state index in [9.17, 15) is 0 Å². The number of ether oxygens (including phenoxy) is 3. The Bertz CT molecular complexity index is 1120. The molecule has 0 heterocycles. The Morgan fingerprint density at radius 1 is 0.187 bits per heavy atom. The highest BCUT2D eigenvalue weighted by Crippen LogP contribution is 2.38. The maximum absolute atomic E-state index is 6.55. The average molecular weight is 1050 g/mol. The molecule has 0 aliphatic rings. The first-order valence-corrected chi connectivity index (χ1v) is 35.3. The van der Waals surface area contributed by atoms with Crippen LogP contribution in [0.4, 0.5) is 0 Å². The number of para-hydroxylation sites is 1. The third-order valence-corrected chi connectivity index (χ3v) is 16.7. The van der Waals surface area contributed by atoms with Gasteiger partial charge in [-0.2, -0.15) is 0 Å². The van der Waals surface area contributed by atoms with Crippen molar-refractivity contribution < 1.29 is 14.2 Å². The summed E-state index contributed by atoms with van der Waals surface area (Å²) in [6.07, 6.45) is 84.4. The summed E-state index contributed by atoms with van der Waals surface area (Å²) in [6, 6.07) is 6.31. The maximum Gasteiger partial charge on any atom is 0.203 e. The lowest BCUT2D eigenvalue weighted by molar-refractivity contribution is 0.234. The fourth-order valence-electron chi connectivity index (χ4n) is 11.5. The molecule has 0 atom stereocenters. The lowest BCUT2D eigenvalue weighted by atomic mass is 10.0. The van der Waals surface area contributed by atoms with E-state index in [1.807, 2.05) is 0 Å². The molecule has 1 aromatic carbocycles. The smallest absolute Gasteiger partial charge is 0.203 e. The summed E-state index contributed by atoms with van der Waals surface area (Å²) in [6.45, 7) is 9.20. The standard InChI is InChI=1S/C72H138O3/c1-4-7-10-13-16-19-22-25-28-31-34-37-40-43-46-49-52-55-58-61-67-73-70-65-64-66-71(74-68-62-59-56-53-50-47-44-41-38-35-32-29-26-23-20-17-14-11-8-5-2)72(70)75-69-63-60-57-54-51-48-45-42-39-36-33-30-27-24-21-18-15-12-9-6-3/h64-66H,4-63,67-69H2,1-3H3. The van der Waals surface area contributed by atoms with Gasteiger partial charge in [-0.05, 0) is 31.4 Å². The second-order valence-electron chi connectivity index (χ2n) is 24.3. The van der Waals surface area contributed by atoms with E-state index in [4.69, 9.17) is 14.2 Å². The van der Waals surface area contributed by atoms with Crippen LogP contribution in [0.3, 0.4) is 0 Å². The first kappa shape index (κ1) is 71.6. The number of hydrogen-bond donors (Lipinski definition) is 0. The molecule has 0 fully saturated rings. The van der Waals surface area contributed by atoms with Crippen molar-refractivity contribution in [3.63, 3.8) is 0 Å². The molecular weight excluding hydrogens is 913 g/mol. The fraction of sp³-hybridized carbons (Fsp3) is 0.917. The molecule has 0 aliphatic heterocycles. The third kappa shape index (κ3) is 54.4. The van der Waals surface area contributed by atoms with Crippen molar-refractivity contribution >= 4 is 0 Å². The van der Waals surface area contributed by atoms with Gasteiger partial charge in [0.05, 0.1) is 19.8 Å². The quantitative estimate of drug-likeness (QED) is 0.0609. The minimum absolute atomic E-state index is 0.744. The molecule has 0 aliphatic carbocycles. The van der Waals surface area contributed by atoms with Crippen LogP contribution >= 0.6 is 0 Å². The number of rotatable bonds is 66. The van der Waals surface area contributed by atoms with Crippen molar-refractivity contribution in [3.05, 3.63) is 18.2 Å². The highest BCUT2D eigenvalue weighted by Gasteiger charge is 2.13. The van der Waals surface area contributed by atoms with Crippen molar-refractivity contribution in [2.45, 2.75) is 406 Å². The first-order valence-electron chi connectivity index (χ1n) is 35.3. The van der Waals surface area contributed by atoms with Gasteiger partial charge in [-0.1, -0.05) is 393 Å². The molecule has 3 heteroatoms. The van der Waals surface area contributed by atoms with Gasteiger partial charge in [-0.15, -0.1) is 0 Å².